The lowest BCUT2D eigenvalue weighted by Crippen LogP contribution is -2.34. The number of H-pyrrole nitrogens is 1. The van der Waals surface area contributed by atoms with Gasteiger partial charge in [0, 0.05) is 11.9 Å². The first-order chi connectivity index (χ1) is 14.0. The third-order valence-corrected chi connectivity index (χ3v) is 4.83. The van der Waals surface area contributed by atoms with Gasteiger partial charge < -0.3 is 10.4 Å². The number of para-hydroxylation sites is 1. The molecule has 0 unspecified atom stereocenters. The van der Waals surface area contributed by atoms with Crippen LogP contribution in [0.5, 0.6) is 0 Å². The number of anilines is 2. The number of aromatic amines is 1. The topological polar surface area (TPSA) is 120 Å². The van der Waals surface area contributed by atoms with E-state index in [9.17, 15) is 9.90 Å². The first-order valence-corrected chi connectivity index (χ1v) is 9.21. The molecule has 4 rings (SSSR count). The van der Waals surface area contributed by atoms with Crippen molar-refractivity contribution in [2.45, 2.75) is 6.61 Å². The van der Waals surface area contributed by atoms with Crippen LogP contribution in [-0.4, -0.2) is 24.6 Å². The zero-order valence-electron chi connectivity index (χ0n) is 14.8. The number of halogens is 2. The van der Waals surface area contributed by atoms with Crippen LogP contribution < -0.4 is 16.5 Å². The van der Waals surface area contributed by atoms with E-state index in [1.807, 2.05) is 0 Å². The molecule has 0 bridgehead atoms. The van der Waals surface area contributed by atoms with E-state index in [1.165, 1.54) is 6.20 Å². The molecule has 2 heterocycles. The van der Waals surface area contributed by atoms with Crippen molar-refractivity contribution in [3.05, 3.63) is 80.2 Å². The van der Waals surface area contributed by atoms with Crippen molar-refractivity contribution >= 4 is 45.9 Å². The van der Waals surface area contributed by atoms with Gasteiger partial charge in [0.15, 0.2) is 5.65 Å². The molecule has 2 aromatic heterocycles. The molecular formula is C19H14Cl2N6O2. The van der Waals surface area contributed by atoms with Gasteiger partial charge in [-0.3, -0.25) is 10.4 Å². The summed E-state index contributed by atoms with van der Waals surface area (Å²) < 4.78 is 1.08. The number of fused-ring (bicyclic) bond motifs is 1. The number of hydrogen-bond donors (Lipinski definition) is 4. The molecule has 0 aliphatic rings. The van der Waals surface area contributed by atoms with Gasteiger partial charge in [-0.05, 0) is 29.8 Å². The van der Waals surface area contributed by atoms with Crippen LogP contribution in [-0.2, 0) is 6.61 Å². The summed E-state index contributed by atoms with van der Waals surface area (Å²) in [5.74, 6) is 0.233. The molecule has 29 heavy (non-hydrogen) atoms. The lowest BCUT2D eigenvalue weighted by atomic mass is 10.2. The molecule has 0 spiro atoms. The molecular weight excluding hydrogens is 415 g/mol. The Balaban J connectivity index is 1.82. The number of aliphatic hydroxyl groups is 1. The van der Waals surface area contributed by atoms with Gasteiger partial charge in [-0.15, -0.1) is 0 Å². The van der Waals surface area contributed by atoms with Crippen molar-refractivity contribution in [2.24, 2.45) is 0 Å². The number of aromatic nitrogens is 4. The van der Waals surface area contributed by atoms with E-state index in [0.29, 0.717) is 11.1 Å². The summed E-state index contributed by atoms with van der Waals surface area (Å²) in [6, 6.07) is 11.9. The highest BCUT2D eigenvalue weighted by molar-refractivity contribution is 6.37. The van der Waals surface area contributed by atoms with Gasteiger partial charge in [0.2, 0.25) is 5.95 Å². The predicted octanol–water partition coefficient (Wildman–Crippen LogP) is 3.13. The average molecular weight is 429 g/mol. The Morgan fingerprint density at radius 2 is 1.90 bits per heavy atom. The van der Waals surface area contributed by atoms with Crippen LogP contribution in [0, 0.1) is 5.41 Å². The van der Waals surface area contributed by atoms with E-state index in [2.05, 4.69) is 20.3 Å². The lowest BCUT2D eigenvalue weighted by Gasteiger charge is -2.12. The van der Waals surface area contributed by atoms with Gasteiger partial charge in [-0.1, -0.05) is 41.4 Å². The smallest absolute Gasteiger partial charge is 0.333 e. The van der Waals surface area contributed by atoms with Gasteiger partial charge in [0.05, 0.1) is 27.7 Å². The van der Waals surface area contributed by atoms with Gasteiger partial charge in [0.25, 0.3) is 0 Å². The maximum Gasteiger partial charge on any atom is 0.333 e. The fourth-order valence-corrected chi connectivity index (χ4v) is 3.45. The van der Waals surface area contributed by atoms with Crippen LogP contribution in [0.25, 0.3) is 16.7 Å². The number of aliphatic hydroxyl groups excluding tert-OH is 1. The van der Waals surface area contributed by atoms with Crippen molar-refractivity contribution in [3.8, 4) is 5.69 Å². The van der Waals surface area contributed by atoms with Crippen LogP contribution in [0.3, 0.4) is 0 Å². The highest BCUT2D eigenvalue weighted by Gasteiger charge is 2.15. The van der Waals surface area contributed by atoms with Crippen LogP contribution in [0.1, 0.15) is 5.56 Å². The number of hydrogen-bond acceptors (Lipinski definition) is 6. The zero-order valence-corrected chi connectivity index (χ0v) is 16.3. The van der Waals surface area contributed by atoms with E-state index >= 15 is 0 Å². The second kappa shape index (κ2) is 7.67. The molecule has 4 N–H and O–H groups in total. The maximum absolute atomic E-state index is 12.7. The summed E-state index contributed by atoms with van der Waals surface area (Å²) in [6.45, 7) is -0.0891. The summed E-state index contributed by atoms with van der Waals surface area (Å²) in [6.07, 6.45) is 1.43. The first kappa shape index (κ1) is 19.1. The Kier molecular flexibility index (Phi) is 5.06. The largest absolute Gasteiger partial charge is 0.392 e. The summed E-state index contributed by atoms with van der Waals surface area (Å²) in [5.41, 5.74) is 1.06. The number of nitrogens with one attached hydrogen (secondary N) is 3. The number of nitrogens with zero attached hydrogens (tertiary/aromatic N) is 3. The minimum Gasteiger partial charge on any atom is -0.392 e. The second-order valence-electron chi connectivity index (χ2n) is 6.12. The normalized spacial score (nSPS) is 11.0. The van der Waals surface area contributed by atoms with Gasteiger partial charge in [0.1, 0.15) is 5.49 Å². The van der Waals surface area contributed by atoms with Gasteiger partial charge in [-0.2, -0.15) is 4.98 Å². The second-order valence-corrected chi connectivity index (χ2v) is 6.94. The third-order valence-electron chi connectivity index (χ3n) is 4.22. The van der Waals surface area contributed by atoms with Crippen molar-refractivity contribution in [1.82, 2.24) is 19.5 Å². The molecule has 0 atom stereocenters. The molecule has 0 aliphatic heterocycles. The Morgan fingerprint density at radius 1 is 1.17 bits per heavy atom. The van der Waals surface area contributed by atoms with Crippen molar-refractivity contribution in [2.75, 3.05) is 5.32 Å². The van der Waals surface area contributed by atoms with Crippen LogP contribution in [0.15, 0.2) is 53.5 Å². The Hall–Kier alpha value is -3.20. The Morgan fingerprint density at radius 3 is 2.62 bits per heavy atom. The lowest BCUT2D eigenvalue weighted by molar-refractivity contribution is 0.282. The fourth-order valence-electron chi connectivity index (χ4n) is 2.88. The molecule has 0 amide bonds. The molecule has 10 heteroatoms. The van der Waals surface area contributed by atoms with Crippen molar-refractivity contribution in [1.29, 1.82) is 5.41 Å². The minimum atomic E-state index is -0.607. The SMILES string of the molecule is N=c1c2cnc(Nc3cccc(CO)c3)nc2[nH]c(=O)n1-c1c(Cl)cccc1Cl. The molecule has 146 valence electrons. The summed E-state index contributed by atoms with van der Waals surface area (Å²) >= 11 is 12.4. The quantitative estimate of drug-likeness (QED) is 0.397. The Bertz CT molecular complexity index is 1330. The van der Waals surface area contributed by atoms with Crippen LogP contribution >= 0.6 is 23.2 Å². The number of rotatable bonds is 4. The standard InChI is InChI=1S/C19H14Cl2N6O2/c20-13-5-2-6-14(21)15(13)27-16(22)12-8-23-18(25-17(12)26-19(27)29)24-11-4-1-3-10(7-11)9-28/h1-8,22,28H,9H2,(H2,23,24,25,26,29). The van der Waals surface area contributed by atoms with Crippen LogP contribution in [0.4, 0.5) is 11.6 Å². The van der Waals surface area contributed by atoms with E-state index in [1.54, 1.807) is 42.5 Å². The third kappa shape index (κ3) is 3.61. The van der Waals surface area contributed by atoms with E-state index in [4.69, 9.17) is 28.6 Å². The van der Waals surface area contributed by atoms with E-state index in [0.717, 1.165) is 10.1 Å². The molecule has 0 aliphatic carbocycles. The van der Waals surface area contributed by atoms with Gasteiger partial charge in [-0.25, -0.2) is 14.3 Å². The zero-order chi connectivity index (χ0) is 20.5. The fraction of sp³-hybridized carbons (Fsp3) is 0.0526. The highest BCUT2D eigenvalue weighted by atomic mass is 35.5. The Labute approximate surface area is 173 Å². The van der Waals surface area contributed by atoms with E-state index < -0.39 is 5.69 Å². The molecule has 4 aromatic rings. The van der Waals surface area contributed by atoms with Gasteiger partial charge >= 0.3 is 5.69 Å². The molecule has 2 aromatic carbocycles. The van der Waals surface area contributed by atoms with Crippen LogP contribution in [0.2, 0.25) is 10.0 Å². The van der Waals surface area contributed by atoms with Crippen molar-refractivity contribution in [3.63, 3.8) is 0 Å². The molecule has 0 fully saturated rings. The number of benzene rings is 2. The monoisotopic (exact) mass is 428 g/mol. The first-order valence-electron chi connectivity index (χ1n) is 8.46. The molecule has 0 saturated carbocycles. The highest BCUT2D eigenvalue weighted by Crippen LogP contribution is 2.26. The summed E-state index contributed by atoms with van der Waals surface area (Å²) in [4.78, 5) is 23.8. The summed E-state index contributed by atoms with van der Waals surface area (Å²) in [5, 5.41) is 21.5. The minimum absolute atomic E-state index is 0.0891. The maximum atomic E-state index is 12.7. The molecule has 8 nitrogen and oxygen atoms in total. The summed E-state index contributed by atoms with van der Waals surface area (Å²) in [7, 11) is 0. The molecule has 0 saturated heterocycles. The molecule has 0 radical (unpaired) electrons. The van der Waals surface area contributed by atoms with Crippen molar-refractivity contribution < 1.29 is 5.11 Å². The van der Waals surface area contributed by atoms with E-state index in [-0.39, 0.29) is 39.4 Å². The predicted molar refractivity (Wildman–Crippen MR) is 111 cm³/mol. The average Bonchev–Trinajstić information content (AvgIpc) is 2.70.